The maximum atomic E-state index is 13.1. The summed E-state index contributed by atoms with van der Waals surface area (Å²) in [5.41, 5.74) is 5.40. The maximum absolute atomic E-state index is 13.1. The van der Waals surface area contributed by atoms with E-state index in [9.17, 15) is 9.59 Å². The number of aromatic nitrogens is 3. The molecule has 0 atom stereocenters. The third-order valence-electron chi connectivity index (χ3n) is 5.11. The number of nitrogens with one attached hydrogen (secondary N) is 1. The number of carbonyl (C=O) groups is 1. The van der Waals surface area contributed by atoms with Gasteiger partial charge in [0, 0.05) is 12.7 Å². The molecule has 0 aliphatic heterocycles. The molecule has 1 aromatic carbocycles. The van der Waals surface area contributed by atoms with E-state index in [1.54, 1.807) is 14.0 Å². The first-order chi connectivity index (χ1) is 13.6. The van der Waals surface area contributed by atoms with Crippen molar-refractivity contribution in [2.75, 3.05) is 5.32 Å². The molecule has 0 spiro atoms. The van der Waals surface area contributed by atoms with Gasteiger partial charge in [0.1, 0.15) is 9.88 Å². The lowest BCUT2D eigenvalue weighted by molar-refractivity contribution is 0.102. The summed E-state index contributed by atoms with van der Waals surface area (Å²) in [7, 11) is 1.62. The number of carbonyl (C=O) groups excluding carboxylic acids is 1. The minimum Gasteiger partial charge on any atom is -0.321 e. The molecule has 2 aromatic heterocycles. The van der Waals surface area contributed by atoms with Gasteiger partial charge < -0.3 is 5.32 Å². The third kappa shape index (κ3) is 3.87. The molecule has 7 heteroatoms. The van der Waals surface area contributed by atoms with E-state index in [1.807, 2.05) is 39.0 Å². The number of rotatable bonds is 4. The van der Waals surface area contributed by atoms with Gasteiger partial charge in [-0.15, -0.1) is 11.3 Å². The lowest BCUT2D eigenvalue weighted by atomic mass is 9.98. The Balaban J connectivity index is 2.04. The Bertz CT molecular complexity index is 1160. The van der Waals surface area contributed by atoms with Crippen molar-refractivity contribution in [1.82, 2.24) is 14.8 Å². The second-order valence-corrected chi connectivity index (χ2v) is 8.59. The summed E-state index contributed by atoms with van der Waals surface area (Å²) in [6.07, 6.45) is 0. The third-order valence-corrected chi connectivity index (χ3v) is 6.28. The second kappa shape index (κ2) is 7.91. The number of anilines is 1. The van der Waals surface area contributed by atoms with E-state index >= 15 is 0 Å². The number of thiazole rings is 1. The highest BCUT2D eigenvalue weighted by atomic mass is 32.1. The van der Waals surface area contributed by atoms with E-state index in [0.717, 1.165) is 28.1 Å². The highest BCUT2D eigenvalue weighted by Gasteiger charge is 2.22. The van der Waals surface area contributed by atoms with E-state index < -0.39 is 0 Å². The molecule has 0 aliphatic rings. The smallest absolute Gasteiger partial charge is 0.277 e. The van der Waals surface area contributed by atoms with Crippen LogP contribution in [-0.4, -0.2) is 20.7 Å². The van der Waals surface area contributed by atoms with Crippen LogP contribution in [-0.2, 0) is 7.05 Å². The van der Waals surface area contributed by atoms with Crippen LogP contribution < -0.4 is 10.9 Å². The Labute approximate surface area is 174 Å². The Morgan fingerprint density at radius 2 is 1.83 bits per heavy atom. The fourth-order valence-corrected chi connectivity index (χ4v) is 4.38. The summed E-state index contributed by atoms with van der Waals surface area (Å²) in [4.78, 5) is 30.8. The van der Waals surface area contributed by atoms with Crippen LogP contribution in [0.2, 0.25) is 0 Å². The molecule has 1 amide bonds. The normalized spacial score (nSPS) is 11.2. The summed E-state index contributed by atoms with van der Waals surface area (Å²) in [5.74, 6) is 0.0801. The van der Waals surface area contributed by atoms with Crippen molar-refractivity contribution in [3.8, 4) is 10.6 Å². The number of hydrogen-bond donors (Lipinski definition) is 1. The molecule has 0 fully saturated rings. The predicted molar refractivity (Wildman–Crippen MR) is 118 cm³/mol. The van der Waals surface area contributed by atoms with Gasteiger partial charge in [-0.3, -0.25) is 9.59 Å². The number of nitrogens with zero attached hydrogens (tertiary/aromatic N) is 3. The molecular formula is C22H26N4O2S. The topological polar surface area (TPSA) is 76.9 Å². The Morgan fingerprint density at radius 1 is 1.14 bits per heavy atom. The van der Waals surface area contributed by atoms with Gasteiger partial charge in [-0.2, -0.15) is 5.10 Å². The lowest BCUT2D eigenvalue weighted by Gasteiger charge is -2.16. The molecule has 3 aromatic rings. The van der Waals surface area contributed by atoms with Crippen molar-refractivity contribution < 1.29 is 4.79 Å². The Morgan fingerprint density at radius 3 is 2.48 bits per heavy atom. The first-order valence-electron chi connectivity index (χ1n) is 9.55. The summed E-state index contributed by atoms with van der Waals surface area (Å²) < 4.78 is 1.32. The quantitative estimate of drug-likeness (QED) is 0.686. The molecule has 0 unspecified atom stereocenters. The Hall–Kier alpha value is -2.80. The molecule has 1 N–H and O–H groups in total. The predicted octanol–water partition coefficient (Wildman–Crippen LogP) is 4.51. The van der Waals surface area contributed by atoms with E-state index in [-0.39, 0.29) is 17.4 Å². The van der Waals surface area contributed by atoms with Crippen LogP contribution in [0.5, 0.6) is 0 Å². The van der Waals surface area contributed by atoms with Crippen LogP contribution in [0.1, 0.15) is 57.5 Å². The van der Waals surface area contributed by atoms with Crippen molar-refractivity contribution in [1.29, 1.82) is 0 Å². The fourth-order valence-electron chi connectivity index (χ4n) is 3.33. The minimum atomic E-state index is -0.213. The van der Waals surface area contributed by atoms with Crippen LogP contribution in [0, 0.1) is 27.7 Å². The van der Waals surface area contributed by atoms with Crippen molar-refractivity contribution in [2.24, 2.45) is 7.05 Å². The van der Waals surface area contributed by atoms with Gasteiger partial charge >= 0.3 is 0 Å². The van der Waals surface area contributed by atoms with Gasteiger partial charge in [0.15, 0.2) is 0 Å². The zero-order chi connectivity index (χ0) is 21.5. The van der Waals surface area contributed by atoms with Crippen LogP contribution in [0.4, 0.5) is 5.69 Å². The Kier molecular flexibility index (Phi) is 5.71. The van der Waals surface area contributed by atoms with Gasteiger partial charge in [-0.05, 0) is 50.3 Å². The zero-order valence-electron chi connectivity index (χ0n) is 17.9. The van der Waals surface area contributed by atoms with Gasteiger partial charge in [0.2, 0.25) is 0 Å². The van der Waals surface area contributed by atoms with Crippen molar-refractivity contribution in [3.05, 3.63) is 61.5 Å². The van der Waals surface area contributed by atoms with Crippen LogP contribution in [0.25, 0.3) is 10.6 Å². The summed E-state index contributed by atoms with van der Waals surface area (Å²) in [6, 6.07) is 6.02. The molecule has 2 heterocycles. The number of aryl methyl sites for hydroxylation is 4. The summed E-state index contributed by atoms with van der Waals surface area (Å²) in [5, 5.41) is 7.83. The van der Waals surface area contributed by atoms with Gasteiger partial charge in [0.25, 0.3) is 11.5 Å². The van der Waals surface area contributed by atoms with Gasteiger partial charge in [-0.1, -0.05) is 32.0 Å². The average molecular weight is 411 g/mol. The first-order valence-corrected chi connectivity index (χ1v) is 10.4. The minimum absolute atomic E-state index is 0.206. The van der Waals surface area contributed by atoms with Crippen LogP contribution in [0.15, 0.2) is 23.0 Å². The van der Waals surface area contributed by atoms with E-state index in [1.165, 1.54) is 16.0 Å². The second-order valence-electron chi connectivity index (χ2n) is 7.60. The van der Waals surface area contributed by atoms with Crippen LogP contribution >= 0.6 is 11.3 Å². The highest BCUT2D eigenvalue weighted by Crippen LogP contribution is 2.31. The van der Waals surface area contributed by atoms with Crippen molar-refractivity contribution >= 4 is 22.9 Å². The molecule has 0 bridgehead atoms. The van der Waals surface area contributed by atoms with Gasteiger partial charge in [-0.25, -0.2) is 9.67 Å². The average Bonchev–Trinajstić information content (AvgIpc) is 3.03. The lowest BCUT2D eigenvalue weighted by Crippen LogP contribution is -2.23. The molecule has 29 heavy (non-hydrogen) atoms. The molecule has 0 aliphatic carbocycles. The fraction of sp³-hybridized carbons (Fsp3) is 0.364. The molecule has 6 nitrogen and oxygen atoms in total. The van der Waals surface area contributed by atoms with E-state index in [2.05, 4.69) is 29.2 Å². The summed E-state index contributed by atoms with van der Waals surface area (Å²) in [6.45, 7) is 11.7. The maximum Gasteiger partial charge on any atom is 0.277 e. The van der Waals surface area contributed by atoms with Crippen LogP contribution in [0.3, 0.4) is 0 Å². The van der Waals surface area contributed by atoms with E-state index in [4.69, 9.17) is 0 Å². The highest BCUT2D eigenvalue weighted by molar-refractivity contribution is 7.17. The summed E-state index contributed by atoms with van der Waals surface area (Å²) >= 11 is 1.24. The number of hydrogen-bond acceptors (Lipinski definition) is 5. The number of amides is 1. The molecule has 0 radical (unpaired) electrons. The monoisotopic (exact) mass is 410 g/mol. The molecular weight excluding hydrogens is 384 g/mol. The number of para-hydroxylation sites is 1. The first kappa shape index (κ1) is 20.9. The molecule has 0 saturated heterocycles. The van der Waals surface area contributed by atoms with Gasteiger partial charge in [0.05, 0.1) is 17.0 Å². The molecule has 3 rings (SSSR count). The van der Waals surface area contributed by atoms with E-state index in [0.29, 0.717) is 21.1 Å². The largest absolute Gasteiger partial charge is 0.321 e. The molecule has 152 valence electrons. The zero-order valence-corrected chi connectivity index (χ0v) is 18.7. The van der Waals surface area contributed by atoms with Crippen molar-refractivity contribution in [3.63, 3.8) is 0 Å². The standard InChI is InChI=1S/C22H26N4O2S/c1-11(2)16-10-8-9-12(3)18(16)24-20(27)19-15(6)23-21(29-19)17-13(4)14(5)25-26(7)22(17)28/h8-11H,1-7H3,(H,24,27). The van der Waals surface area contributed by atoms with Crippen molar-refractivity contribution in [2.45, 2.75) is 47.5 Å². The SMILES string of the molecule is Cc1cccc(C(C)C)c1NC(=O)c1sc(-c2c(C)c(C)nn(C)c2=O)nc1C. The number of benzene rings is 1. The molecule has 0 saturated carbocycles.